The summed E-state index contributed by atoms with van der Waals surface area (Å²) < 4.78 is 8.97. The zero-order valence-electron chi connectivity index (χ0n) is 24.5. The number of rotatable bonds is 2. The van der Waals surface area contributed by atoms with Gasteiger partial charge in [0.05, 0.1) is 22.1 Å². The monoisotopic (exact) mass is 585 g/mol. The molecule has 0 saturated heterocycles. The van der Waals surface area contributed by atoms with E-state index in [0.717, 1.165) is 61.1 Å². The van der Waals surface area contributed by atoms with Crippen LogP contribution in [-0.2, 0) is 0 Å². The van der Waals surface area contributed by atoms with Gasteiger partial charge in [-0.3, -0.25) is 4.57 Å². The molecule has 11 rings (SSSR count). The van der Waals surface area contributed by atoms with Crippen LogP contribution in [0.1, 0.15) is 0 Å². The van der Waals surface area contributed by atoms with E-state index in [-0.39, 0.29) is 0 Å². The molecule has 0 atom stereocenters. The first-order valence-electron chi connectivity index (χ1n) is 15.6. The molecule has 4 nitrogen and oxygen atoms in total. The molecule has 8 aromatic carbocycles. The Morgan fingerprint density at radius 3 is 1.98 bits per heavy atom. The summed E-state index contributed by atoms with van der Waals surface area (Å²) in [5.41, 5.74) is 7.60. The average Bonchev–Trinajstić information content (AvgIpc) is 3.67. The number of para-hydroxylation sites is 2. The molecule has 3 heterocycles. The van der Waals surface area contributed by atoms with Gasteiger partial charge in [0.15, 0.2) is 5.82 Å². The number of furan rings is 1. The first-order chi connectivity index (χ1) is 22.8. The van der Waals surface area contributed by atoms with Gasteiger partial charge < -0.3 is 4.42 Å². The first kappa shape index (κ1) is 24.1. The Bertz CT molecular complexity index is 3020. The van der Waals surface area contributed by atoms with Crippen LogP contribution >= 0.6 is 0 Å². The maximum Gasteiger partial charge on any atom is 0.165 e. The van der Waals surface area contributed by atoms with E-state index in [0.29, 0.717) is 0 Å². The molecule has 11 aromatic rings. The van der Waals surface area contributed by atoms with Gasteiger partial charge in [-0.1, -0.05) is 103 Å². The van der Waals surface area contributed by atoms with E-state index in [1.54, 1.807) is 0 Å². The van der Waals surface area contributed by atoms with E-state index in [1.165, 1.54) is 43.1 Å². The molecule has 0 aliphatic rings. The van der Waals surface area contributed by atoms with Crippen LogP contribution in [0.5, 0.6) is 0 Å². The molecule has 0 fully saturated rings. The Labute approximate surface area is 262 Å². The molecule has 0 aliphatic heterocycles. The lowest BCUT2D eigenvalue weighted by Crippen LogP contribution is -2.04. The minimum Gasteiger partial charge on any atom is -0.456 e. The van der Waals surface area contributed by atoms with E-state index in [1.807, 2.05) is 24.3 Å². The van der Waals surface area contributed by atoms with Crippen LogP contribution in [-0.4, -0.2) is 14.5 Å². The zero-order chi connectivity index (χ0) is 29.9. The third-order valence-corrected chi connectivity index (χ3v) is 9.70. The van der Waals surface area contributed by atoms with Crippen molar-refractivity contribution in [2.75, 3.05) is 0 Å². The topological polar surface area (TPSA) is 43.9 Å². The van der Waals surface area contributed by atoms with E-state index in [2.05, 4.69) is 120 Å². The van der Waals surface area contributed by atoms with Crippen LogP contribution < -0.4 is 0 Å². The molecule has 212 valence electrons. The van der Waals surface area contributed by atoms with Gasteiger partial charge in [0.25, 0.3) is 0 Å². The number of hydrogen-bond acceptors (Lipinski definition) is 3. The van der Waals surface area contributed by atoms with Crippen molar-refractivity contribution < 1.29 is 4.42 Å². The van der Waals surface area contributed by atoms with Gasteiger partial charge in [-0.25, -0.2) is 9.97 Å². The molecule has 0 radical (unpaired) electrons. The van der Waals surface area contributed by atoms with Gasteiger partial charge in [0, 0.05) is 32.5 Å². The molecule has 0 spiro atoms. The molecular formula is C42H23N3O. The van der Waals surface area contributed by atoms with Crippen molar-refractivity contribution in [2.24, 2.45) is 0 Å². The third-order valence-electron chi connectivity index (χ3n) is 9.70. The van der Waals surface area contributed by atoms with Gasteiger partial charge in [0.1, 0.15) is 16.9 Å². The van der Waals surface area contributed by atoms with Gasteiger partial charge in [-0.15, -0.1) is 0 Å². The smallest absolute Gasteiger partial charge is 0.165 e. The lowest BCUT2D eigenvalue weighted by Gasteiger charge is -2.15. The molecule has 46 heavy (non-hydrogen) atoms. The van der Waals surface area contributed by atoms with Gasteiger partial charge in [-0.2, -0.15) is 0 Å². The highest BCUT2D eigenvalue weighted by Gasteiger charge is 2.26. The molecule has 0 amide bonds. The SMILES string of the molecule is c1ccc(-c2nc3ccccc3nc2-n2c3ccc4oc5cccc6c7ccccc7c7cc8ccccc8c2c7c3c4c56)cc1. The van der Waals surface area contributed by atoms with Gasteiger partial charge in [0.2, 0.25) is 0 Å². The Balaban J connectivity index is 1.50. The molecule has 4 heteroatoms. The minimum atomic E-state index is 0.812. The summed E-state index contributed by atoms with van der Waals surface area (Å²) in [6, 6.07) is 49.2. The second kappa shape index (κ2) is 8.68. The number of benzene rings is 7. The zero-order valence-corrected chi connectivity index (χ0v) is 24.5. The molecule has 0 unspecified atom stereocenters. The number of fused-ring (bicyclic) bond motifs is 6. The number of hydrogen-bond donors (Lipinski definition) is 0. The Hall–Kier alpha value is -6.26. The maximum absolute atomic E-state index is 6.61. The van der Waals surface area contributed by atoms with Crippen molar-refractivity contribution in [3.8, 4) is 17.1 Å². The average molecular weight is 586 g/mol. The first-order valence-corrected chi connectivity index (χ1v) is 15.6. The Morgan fingerprint density at radius 2 is 1.13 bits per heavy atom. The van der Waals surface area contributed by atoms with Crippen molar-refractivity contribution >= 4 is 87.1 Å². The lowest BCUT2D eigenvalue weighted by atomic mass is 9.93. The fourth-order valence-electron chi connectivity index (χ4n) is 7.82. The summed E-state index contributed by atoms with van der Waals surface area (Å²) in [6.45, 7) is 0. The van der Waals surface area contributed by atoms with E-state index in [4.69, 9.17) is 14.4 Å². The summed E-state index contributed by atoms with van der Waals surface area (Å²) in [5.74, 6) is 0.812. The second-order valence-corrected chi connectivity index (χ2v) is 12.1. The summed E-state index contributed by atoms with van der Waals surface area (Å²) in [6.07, 6.45) is 0. The third kappa shape index (κ3) is 3.03. The molecule has 0 aliphatic carbocycles. The Morgan fingerprint density at radius 1 is 0.457 bits per heavy atom. The Kier molecular flexibility index (Phi) is 4.55. The summed E-state index contributed by atoms with van der Waals surface area (Å²) in [4.78, 5) is 10.7. The normalized spacial score (nSPS) is 12.3. The molecular weight excluding hydrogens is 562 g/mol. The lowest BCUT2D eigenvalue weighted by molar-refractivity contribution is 0.669. The van der Waals surface area contributed by atoms with Crippen molar-refractivity contribution in [1.82, 2.24) is 14.5 Å². The molecule has 0 saturated carbocycles. The summed E-state index contributed by atoms with van der Waals surface area (Å²) in [5, 5.41) is 11.9. The van der Waals surface area contributed by atoms with Crippen LogP contribution in [0.25, 0.3) is 104 Å². The van der Waals surface area contributed by atoms with Crippen LogP contribution in [0.2, 0.25) is 0 Å². The maximum atomic E-state index is 6.61. The highest BCUT2D eigenvalue weighted by molar-refractivity contribution is 6.40. The minimum absolute atomic E-state index is 0.812. The standard InChI is InChI=1S/C42H23N3O/c1-2-11-24(12-3-1)40-42(44-32-19-9-8-18-31(32)43-40)45-33-21-22-35-39-36-29(17-10-20-34(36)46-35)27-15-6-7-16-28(27)30-23-25-13-4-5-14-26(25)41(45)37(30)38(33)39/h1-23H. The molecule has 0 bridgehead atoms. The number of aromatic nitrogens is 3. The fourth-order valence-corrected chi connectivity index (χ4v) is 7.82. The number of nitrogens with zero attached hydrogens (tertiary/aromatic N) is 3. The van der Waals surface area contributed by atoms with E-state index < -0.39 is 0 Å². The van der Waals surface area contributed by atoms with Crippen LogP contribution in [0.15, 0.2) is 144 Å². The van der Waals surface area contributed by atoms with E-state index in [9.17, 15) is 0 Å². The quantitative estimate of drug-likeness (QED) is 0.203. The molecule has 0 N–H and O–H groups in total. The highest BCUT2D eigenvalue weighted by atomic mass is 16.3. The second-order valence-electron chi connectivity index (χ2n) is 12.1. The molecule has 3 aromatic heterocycles. The predicted molar refractivity (Wildman–Crippen MR) is 190 cm³/mol. The van der Waals surface area contributed by atoms with Crippen molar-refractivity contribution in [2.45, 2.75) is 0 Å². The van der Waals surface area contributed by atoms with Crippen LogP contribution in [0.4, 0.5) is 0 Å². The van der Waals surface area contributed by atoms with Gasteiger partial charge >= 0.3 is 0 Å². The van der Waals surface area contributed by atoms with Gasteiger partial charge in [-0.05, 0) is 63.3 Å². The largest absolute Gasteiger partial charge is 0.456 e. The highest BCUT2D eigenvalue weighted by Crippen LogP contribution is 2.49. The van der Waals surface area contributed by atoms with Crippen molar-refractivity contribution in [3.63, 3.8) is 0 Å². The van der Waals surface area contributed by atoms with Crippen molar-refractivity contribution in [1.29, 1.82) is 0 Å². The summed E-state index contributed by atoms with van der Waals surface area (Å²) in [7, 11) is 0. The summed E-state index contributed by atoms with van der Waals surface area (Å²) >= 11 is 0. The predicted octanol–water partition coefficient (Wildman–Crippen LogP) is 11.2. The fraction of sp³-hybridized carbons (Fsp3) is 0. The van der Waals surface area contributed by atoms with Crippen molar-refractivity contribution in [3.05, 3.63) is 140 Å². The van der Waals surface area contributed by atoms with Crippen LogP contribution in [0.3, 0.4) is 0 Å². The van der Waals surface area contributed by atoms with E-state index >= 15 is 0 Å². The van der Waals surface area contributed by atoms with Crippen LogP contribution in [0, 0.1) is 0 Å².